The SMILES string of the molecule is O=C1C[C@H]([C@@H]2CCCCN2)CN1. The van der Waals surface area contributed by atoms with E-state index in [9.17, 15) is 4.79 Å². The first-order chi connectivity index (χ1) is 5.86. The van der Waals surface area contributed by atoms with Gasteiger partial charge in [0.1, 0.15) is 0 Å². The first-order valence-corrected chi connectivity index (χ1v) is 4.86. The number of hydrogen-bond donors (Lipinski definition) is 2. The van der Waals surface area contributed by atoms with E-state index in [4.69, 9.17) is 0 Å². The average molecular weight is 168 g/mol. The lowest BCUT2D eigenvalue weighted by atomic mass is 9.91. The van der Waals surface area contributed by atoms with Crippen molar-refractivity contribution in [3.05, 3.63) is 0 Å². The van der Waals surface area contributed by atoms with Gasteiger partial charge in [-0.15, -0.1) is 0 Å². The minimum Gasteiger partial charge on any atom is -0.356 e. The second-order valence-corrected chi connectivity index (χ2v) is 3.82. The van der Waals surface area contributed by atoms with Gasteiger partial charge in [-0.25, -0.2) is 0 Å². The minimum atomic E-state index is 0.229. The molecule has 2 rings (SSSR count). The van der Waals surface area contributed by atoms with Crippen molar-refractivity contribution in [2.24, 2.45) is 5.92 Å². The predicted octanol–water partition coefficient (Wildman–Crippen LogP) is 0.265. The monoisotopic (exact) mass is 168 g/mol. The summed E-state index contributed by atoms with van der Waals surface area (Å²) in [6.45, 7) is 2.02. The van der Waals surface area contributed by atoms with Crippen LogP contribution in [0.2, 0.25) is 0 Å². The van der Waals surface area contributed by atoms with Crippen LogP contribution >= 0.6 is 0 Å². The van der Waals surface area contributed by atoms with Gasteiger partial charge in [0.05, 0.1) is 0 Å². The second-order valence-electron chi connectivity index (χ2n) is 3.82. The van der Waals surface area contributed by atoms with Crippen LogP contribution < -0.4 is 10.6 Å². The van der Waals surface area contributed by atoms with Crippen molar-refractivity contribution in [1.82, 2.24) is 10.6 Å². The van der Waals surface area contributed by atoms with Gasteiger partial charge in [-0.3, -0.25) is 4.79 Å². The highest BCUT2D eigenvalue weighted by Gasteiger charge is 2.29. The highest BCUT2D eigenvalue weighted by molar-refractivity contribution is 5.78. The quantitative estimate of drug-likeness (QED) is 0.590. The van der Waals surface area contributed by atoms with Gasteiger partial charge in [0, 0.05) is 24.9 Å². The van der Waals surface area contributed by atoms with Crippen LogP contribution in [0.25, 0.3) is 0 Å². The van der Waals surface area contributed by atoms with Crippen molar-refractivity contribution in [3.8, 4) is 0 Å². The molecule has 2 heterocycles. The van der Waals surface area contributed by atoms with E-state index in [1.165, 1.54) is 19.3 Å². The number of piperidine rings is 1. The van der Waals surface area contributed by atoms with Crippen LogP contribution in [0.1, 0.15) is 25.7 Å². The first-order valence-electron chi connectivity index (χ1n) is 4.86. The summed E-state index contributed by atoms with van der Waals surface area (Å²) in [5, 5.41) is 6.38. The van der Waals surface area contributed by atoms with Crippen molar-refractivity contribution >= 4 is 5.91 Å². The topological polar surface area (TPSA) is 41.1 Å². The number of carbonyl (C=O) groups is 1. The molecule has 2 aliphatic heterocycles. The molecule has 1 amide bonds. The predicted molar refractivity (Wildman–Crippen MR) is 46.8 cm³/mol. The van der Waals surface area contributed by atoms with Crippen LogP contribution in [0.4, 0.5) is 0 Å². The van der Waals surface area contributed by atoms with E-state index in [1.807, 2.05) is 0 Å². The molecule has 0 bridgehead atoms. The Hall–Kier alpha value is -0.570. The standard InChI is InChI=1S/C9H16N2O/c12-9-5-7(6-11-9)8-3-1-2-4-10-8/h7-8,10H,1-6H2,(H,11,12)/t7-,8-/m0/s1. The maximum Gasteiger partial charge on any atom is 0.220 e. The number of amides is 1. The van der Waals surface area contributed by atoms with Gasteiger partial charge in [0.25, 0.3) is 0 Å². The lowest BCUT2D eigenvalue weighted by Crippen LogP contribution is -2.40. The number of hydrogen-bond acceptors (Lipinski definition) is 2. The largest absolute Gasteiger partial charge is 0.356 e. The number of nitrogens with one attached hydrogen (secondary N) is 2. The lowest BCUT2D eigenvalue weighted by Gasteiger charge is -2.27. The van der Waals surface area contributed by atoms with Gasteiger partial charge in [0.2, 0.25) is 5.91 Å². The van der Waals surface area contributed by atoms with E-state index in [1.54, 1.807) is 0 Å². The minimum absolute atomic E-state index is 0.229. The highest BCUT2D eigenvalue weighted by Crippen LogP contribution is 2.20. The molecule has 2 fully saturated rings. The fraction of sp³-hybridized carbons (Fsp3) is 0.889. The zero-order chi connectivity index (χ0) is 8.39. The molecular weight excluding hydrogens is 152 g/mol. The van der Waals surface area contributed by atoms with E-state index >= 15 is 0 Å². The first kappa shape index (κ1) is 8.05. The maximum absolute atomic E-state index is 11.0. The lowest BCUT2D eigenvalue weighted by molar-refractivity contribution is -0.119. The van der Waals surface area contributed by atoms with Crippen molar-refractivity contribution in [2.45, 2.75) is 31.7 Å². The molecule has 0 aromatic rings. The Bertz CT molecular complexity index is 175. The molecule has 3 heteroatoms. The van der Waals surface area contributed by atoms with Crippen LogP contribution in [0.3, 0.4) is 0 Å². The van der Waals surface area contributed by atoms with Crippen molar-refractivity contribution in [1.29, 1.82) is 0 Å². The molecule has 2 saturated heterocycles. The van der Waals surface area contributed by atoms with Crippen LogP contribution in [-0.2, 0) is 4.79 Å². The average Bonchev–Trinajstić information content (AvgIpc) is 2.54. The van der Waals surface area contributed by atoms with Crippen LogP contribution in [0.15, 0.2) is 0 Å². The van der Waals surface area contributed by atoms with Crippen molar-refractivity contribution in [3.63, 3.8) is 0 Å². The molecule has 0 saturated carbocycles. The summed E-state index contributed by atoms with van der Waals surface area (Å²) in [5.41, 5.74) is 0. The molecule has 68 valence electrons. The van der Waals surface area contributed by atoms with E-state index in [0.29, 0.717) is 12.0 Å². The molecule has 2 atom stereocenters. The molecule has 12 heavy (non-hydrogen) atoms. The van der Waals surface area contributed by atoms with Gasteiger partial charge < -0.3 is 10.6 Å². The van der Waals surface area contributed by atoms with Crippen LogP contribution in [0.5, 0.6) is 0 Å². The van der Waals surface area contributed by atoms with Gasteiger partial charge in [-0.1, -0.05) is 6.42 Å². The summed E-state index contributed by atoms with van der Waals surface area (Å²) in [5.74, 6) is 0.783. The third-order valence-corrected chi connectivity index (χ3v) is 2.93. The third-order valence-electron chi connectivity index (χ3n) is 2.93. The van der Waals surface area contributed by atoms with E-state index in [-0.39, 0.29) is 5.91 Å². The fourth-order valence-electron chi connectivity index (χ4n) is 2.19. The summed E-state index contributed by atoms with van der Waals surface area (Å²) in [6.07, 6.45) is 4.60. The Morgan fingerprint density at radius 3 is 2.83 bits per heavy atom. The summed E-state index contributed by atoms with van der Waals surface area (Å²) in [7, 11) is 0. The Balaban J connectivity index is 1.86. The summed E-state index contributed by atoms with van der Waals surface area (Å²) in [6, 6.07) is 0.595. The zero-order valence-electron chi connectivity index (χ0n) is 7.31. The van der Waals surface area contributed by atoms with Crippen LogP contribution in [-0.4, -0.2) is 25.0 Å². The Kier molecular flexibility index (Phi) is 2.30. The molecule has 3 nitrogen and oxygen atoms in total. The Labute approximate surface area is 72.9 Å². The second kappa shape index (κ2) is 3.44. The van der Waals surface area contributed by atoms with E-state index in [2.05, 4.69) is 10.6 Å². The summed E-state index contributed by atoms with van der Waals surface area (Å²) in [4.78, 5) is 11.0. The van der Waals surface area contributed by atoms with Crippen molar-refractivity contribution < 1.29 is 4.79 Å². The normalized spacial score (nSPS) is 36.5. The smallest absolute Gasteiger partial charge is 0.220 e. The molecule has 0 spiro atoms. The number of carbonyl (C=O) groups excluding carboxylic acids is 1. The van der Waals surface area contributed by atoms with E-state index in [0.717, 1.165) is 19.5 Å². The molecular formula is C9H16N2O. The summed E-state index contributed by atoms with van der Waals surface area (Å²) < 4.78 is 0. The summed E-state index contributed by atoms with van der Waals surface area (Å²) >= 11 is 0. The molecule has 0 aromatic carbocycles. The fourth-order valence-corrected chi connectivity index (χ4v) is 2.19. The van der Waals surface area contributed by atoms with E-state index < -0.39 is 0 Å². The van der Waals surface area contributed by atoms with Gasteiger partial charge in [-0.05, 0) is 19.4 Å². The molecule has 2 aliphatic rings. The maximum atomic E-state index is 11.0. The third kappa shape index (κ3) is 1.61. The van der Waals surface area contributed by atoms with Gasteiger partial charge in [-0.2, -0.15) is 0 Å². The molecule has 0 radical (unpaired) electrons. The molecule has 2 N–H and O–H groups in total. The Morgan fingerprint density at radius 1 is 1.33 bits per heavy atom. The van der Waals surface area contributed by atoms with Gasteiger partial charge in [0.15, 0.2) is 0 Å². The van der Waals surface area contributed by atoms with Crippen LogP contribution in [0, 0.1) is 5.92 Å². The highest BCUT2D eigenvalue weighted by atomic mass is 16.1. The molecule has 0 aliphatic carbocycles. The Morgan fingerprint density at radius 2 is 2.25 bits per heavy atom. The molecule has 0 aromatic heterocycles. The number of rotatable bonds is 1. The van der Waals surface area contributed by atoms with Gasteiger partial charge >= 0.3 is 0 Å². The van der Waals surface area contributed by atoms with Crippen molar-refractivity contribution in [2.75, 3.05) is 13.1 Å². The zero-order valence-corrected chi connectivity index (χ0v) is 7.31. The molecule has 0 unspecified atom stereocenters.